The zero-order chi connectivity index (χ0) is 10.7. The number of nitrogen functional groups attached to an aromatic ring is 1. The summed E-state index contributed by atoms with van der Waals surface area (Å²) in [6.45, 7) is 0.458. The molecule has 2 heterocycles. The van der Waals surface area contributed by atoms with Crippen LogP contribution in [0.1, 0.15) is 5.56 Å². The van der Waals surface area contributed by atoms with Crippen molar-refractivity contribution in [2.75, 3.05) is 5.73 Å². The van der Waals surface area contributed by atoms with Crippen LogP contribution in [-0.2, 0) is 6.54 Å². The molecule has 0 aliphatic carbocycles. The zero-order valence-electron chi connectivity index (χ0n) is 8.13. The van der Waals surface area contributed by atoms with Gasteiger partial charge in [-0.25, -0.2) is 4.98 Å². The minimum atomic E-state index is -0.0410. The Bertz CT molecular complexity index is 519. The van der Waals surface area contributed by atoms with Crippen molar-refractivity contribution in [3.05, 3.63) is 58.6 Å². The molecule has 0 unspecified atom stereocenters. The van der Waals surface area contributed by atoms with Crippen molar-refractivity contribution in [2.24, 2.45) is 0 Å². The summed E-state index contributed by atoms with van der Waals surface area (Å²) in [5.41, 5.74) is 6.50. The summed E-state index contributed by atoms with van der Waals surface area (Å²) >= 11 is 0. The second-order valence-electron chi connectivity index (χ2n) is 3.21. The van der Waals surface area contributed by atoms with Crippen molar-refractivity contribution >= 4 is 5.82 Å². The van der Waals surface area contributed by atoms with Gasteiger partial charge in [-0.1, -0.05) is 12.1 Å². The molecule has 0 saturated heterocycles. The van der Waals surface area contributed by atoms with E-state index in [0.29, 0.717) is 12.4 Å². The van der Waals surface area contributed by atoms with Gasteiger partial charge in [0.2, 0.25) is 0 Å². The van der Waals surface area contributed by atoms with Gasteiger partial charge in [-0.3, -0.25) is 4.79 Å². The van der Waals surface area contributed by atoms with Gasteiger partial charge in [0, 0.05) is 24.0 Å². The number of hydrogen-bond acceptors (Lipinski definition) is 3. The van der Waals surface area contributed by atoms with Crippen LogP contribution in [0.15, 0.2) is 47.5 Å². The molecule has 2 N–H and O–H groups in total. The first-order chi connectivity index (χ1) is 7.27. The van der Waals surface area contributed by atoms with E-state index in [4.69, 9.17) is 5.73 Å². The summed E-state index contributed by atoms with van der Waals surface area (Å²) < 4.78 is 1.59. The van der Waals surface area contributed by atoms with Crippen LogP contribution in [0.5, 0.6) is 0 Å². The van der Waals surface area contributed by atoms with Gasteiger partial charge in [0.1, 0.15) is 5.82 Å². The number of pyridine rings is 2. The fourth-order valence-electron chi connectivity index (χ4n) is 1.36. The van der Waals surface area contributed by atoms with Gasteiger partial charge < -0.3 is 10.3 Å². The van der Waals surface area contributed by atoms with Crippen LogP contribution in [0.3, 0.4) is 0 Å². The number of hydrogen-bond donors (Lipinski definition) is 1. The maximum atomic E-state index is 11.4. The average Bonchev–Trinajstić information content (AvgIpc) is 2.24. The summed E-state index contributed by atoms with van der Waals surface area (Å²) in [7, 11) is 0. The maximum absolute atomic E-state index is 11.4. The first-order valence-electron chi connectivity index (χ1n) is 4.62. The van der Waals surface area contributed by atoms with Crippen molar-refractivity contribution in [2.45, 2.75) is 6.54 Å². The molecule has 2 aromatic heterocycles. The van der Waals surface area contributed by atoms with Gasteiger partial charge in [-0.15, -0.1) is 0 Å². The Balaban J connectivity index is 2.34. The lowest BCUT2D eigenvalue weighted by atomic mass is 10.2. The van der Waals surface area contributed by atoms with Crippen molar-refractivity contribution in [3.63, 3.8) is 0 Å². The Labute approximate surface area is 87.0 Å². The normalized spacial score (nSPS) is 10.1. The fourth-order valence-corrected chi connectivity index (χ4v) is 1.36. The highest BCUT2D eigenvalue weighted by molar-refractivity contribution is 5.38. The molecule has 0 spiro atoms. The summed E-state index contributed by atoms with van der Waals surface area (Å²) in [6, 6.07) is 8.72. The number of nitrogens with zero attached hydrogens (tertiary/aromatic N) is 2. The summed E-state index contributed by atoms with van der Waals surface area (Å²) in [5.74, 6) is 0.466. The van der Waals surface area contributed by atoms with Crippen LogP contribution >= 0.6 is 0 Å². The van der Waals surface area contributed by atoms with Crippen LogP contribution in [0.2, 0.25) is 0 Å². The van der Waals surface area contributed by atoms with Gasteiger partial charge in [0.15, 0.2) is 0 Å². The molecule has 0 fully saturated rings. The van der Waals surface area contributed by atoms with Crippen LogP contribution in [0.25, 0.3) is 0 Å². The molecule has 0 atom stereocenters. The molecule has 2 rings (SSSR count). The molecule has 0 radical (unpaired) electrons. The molecule has 0 amide bonds. The maximum Gasteiger partial charge on any atom is 0.250 e. The smallest absolute Gasteiger partial charge is 0.250 e. The van der Waals surface area contributed by atoms with E-state index >= 15 is 0 Å². The monoisotopic (exact) mass is 201 g/mol. The van der Waals surface area contributed by atoms with E-state index in [-0.39, 0.29) is 5.56 Å². The number of nitrogens with two attached hydrogens (primary N) is 1. The van der Waals surface area contributed by atoms with Crippen LogP contribution < -0.4 is 11.3 Å². The van der Waals surface area contributed by atoms with Crippen LogP contribution in [-0.4, -0.2) is 9.55 Å². The van der Waals surface area contributed by atoms with E-state index < -0.39 is 0 Å². The summed E-state index contributed by atoms with van der Waals surface area (Å²) in [5, 5.41) is 0. The Morgan fingerprint density at radius 1 is 1.27 bits per heavy atom. The topological polar surface area (TPSA) is 60.9 Å². The third-order valence-corrected chi connectivity index (χ3v) is 2.17. The lowest BCUT2D eigenvalue weighted by Crippen LogP contribution is -2.19. The van der Waals surface area contributed by atoms with E-state index in [2.05, 4.69) is 4.98 Å². The molecule has 4 heteroatoms. The summed E-state index contributed by atoms with van der Waals surface area (Å²) in [4.78, 5) is 15.4. The molecular weight excluding hydrogens is 190 g/mol. The number of aromatic nitrogens is 2. The van der Waals surface area contributed by atoms with Gasteiger partial charge in [0.25, 0.3) is 5.56 Å². The van der Waals surface area contributed by atoms with Crippen molar-refractivity contribution in [3.8, 4) is 0 Å². The first kappa shape index (κ1) is 9.45. The quantitative estimate of drug-likeness (QED) is 0.784. The first-order valence-corrected chi connectivity index (χ1v) is 4.62. The van der Waals surface area contributed by atoms with Crippen LogP contribution in [0.4, 0.5) is 5.82 Å². The third kappa shape index (κ3) is 2.04. The Morgan fingerprint density at radius 3 is 2.87 bits per heavy atom. The molecule has 0 aliphatic heterocycles. The average molecular weight is 201 g/mol. The predicted molar refractivity (Wildman–Crippen MR) is 58.5 cm³/mol. The molecule has 0 aliphatic rings. The third-order valence-electron chi connectivity index (χ3n) is 2.17. The second-order valence-corrected chi connectivity index (χ2v) is 3.21. The second kappa shape index (κ2) is 3.96. The lowest BCUT2D eigenvalue weighted by Gasteiger charge is -2.06. The highest BCUT2D eigenvalue weighted by atomic mass is 16.1. The number of rotatable bonds is 2. The van der Waals surface area contributed by atoms with Crippen LogP contribution in [0, 0.1) is 0 Å². The van der Waals surface area contributed by atoms with Crippen molar-refractivity contribution in [1.82, 2.24) is 9.55 Å². The predicted octanol–water partition coefficient (Wildman–Crippen LogP) is 0.874. The van der Waals surface area contributed by atoms with E-state index in [1.54, 1.807) is 29.1 Å². The molecule has 2 aromatic rings. The molecule has 0 aromatic carbocycles. The van der Waals surface area contributed by atoms with E-state index in [9.17, 15) is 4.79 Å². The molecule has 4 nitrogen and oxygen atoms in total. The van der Waals surface area contributed by atoms with Gasteiger partial charge in [0.05, 0.1) is 6.54 Å². The molecule has 0 bridgehead atoms. The highest BCUT2D eigenvalue weighted by Gasteiger charge is 2.00. The standard InChI is InChI=1S/C11H11N3O/c12-11-9(4-3-6-13-11)8-14-7-2-1-5-10(14)15/h1-7H,8H2,(H2,12,13). The minimum Gasteiger partial charge on any atom is -0.383 e. The number of anilines is 1. The zero-order valence-corrected chi connectivity index (χ0v) is 8.13. The molecule has 0 saturated carbocycles. The molecule has 76 valence electrons. The Morgan fingerprint density at radius 2 is 2.13 bits per heavy atom. The van der Waals surface area contributed by atoms with E-state index in [1.165, 1.54) is 6.07 Å². The van der Waals surface area contributed by atoms with Gasteiger partial charge in [-0.05, 0) is 12.1 Å². The van der Waals surface area contributed by atoms with Gasteiger partial charge >= 0.3 is 0 Å². The van der Waals surface area contributed by atoms with E-state index in [1.807, 2.05) is 12.1 Å². The van der Waals surface area contributed by atoms with E-state index in [0.717, 1.165) is 5.56 Å². The molecular formula is C11H11N3O. The lowest BCUT2D eigenvalue weighted by molar-refractivity contribution is 0.758. The largest absolute Gasteiger partial charge is 0.383 e. The SMILES string of the molecule is Nc1ncccc1Cn1ccccc1=O. The summed E-state index contributed by atoms with van der Waals surface area (Å²) in [6.07, 6.45) is 3.36. The minimum absolute atomic E-state index is 0.0410. The van der Waals surface area contributed by atoms with Crippen molar-refractivity contribution in [1.29, 1.82) is 0 Å². The fraction of sp³-hybridized carbons (Fsp3) is 0.0909. The Kier molecular flexibility index (Phi) is 2.49. The molecule has 15 heavy (non-hydrogen) atoms. The van der Waals surface area contributed by atoms with Crippen molar-refractivity contribution < 1.29 is 0 Å². The Hall–Kier alpha value is -2.10. The van der Waals surface area contributed by atoms with Gasteiger partial charge in [-0.2, -0.15) is 0 Å². The highest BCUT2D eigenvalue weighted by Crippen LogP contribution is 2.07.